The minimum absolute atomic E-state index is 0.167. The molecule has 2 unspecified atom stereocenters. The number of rotatable bonds is 9. The lowest BCUT2D eigenvalue weighted by Gasteiger charge is -2.30. The summed E-state index contributed by atoms with van der Waals surface area (Å²) in [5.41, 5.74) is -1.68. The highest BCUT2D eigenvalue weighted by molar-refractivity contribution is 5.99. The van der Waals surface area contributed by atoms with Gasteiger partial charge in [0.15, 0.2) is 11.6 Å². The number of pyridine rings is 1. The van der Waals surface area contributed by atoms with Gasteiger partial charge in [0.2, 0.25) is 0 Å². The molecule has 1 aliphatic rings. The van der Waals surface area contributed by atoms with Crippen molar-refractivity contribution in [3.63, 3.8) is 0 Å². The van der Waals surface area contributed by atoms with E-state index in [1.807, 2.05) is 0 Å². The number of aliphatic hydroxyl groups excluding tert-OH is 1. The SMILES string of the molecule is COc1cc(C(=O)NCC(O)(c2nc(-c3ccc(F)cc3)c(F)c(CC(C)O)c2F)C2CC2)cc2cc(C)nnc12. The largest absolute Gasteiger partial charge is 0.494 e. The smallest absolute Gasteiger partial charge is 0.251 e. The number of carbonyl (C=O) groups excluding carboxylic acids is 1. The highest BCUT2D eigenvalue weighted by Crippen LogP contribution is 2.47. The van der Waals surface area contributed by atoms with Crippen LogP contribution in [0.25, 0.3) is 22.2 Å². The molecule has 1 saturated carbocycles. The third-order valence-corrected chi connectivity index (χ3v) is 7.23. The first-order chi connectivity index (χ1) is 19.5. The number of aryl methyl sites for hydroxylation is 1. The Bertz CT molecular complexity index is 1630. The van der Waals surface area contributed by atoms with Gasteiger partial charge in [0, 0.05) is 28.5 Å². The Hall–Kier alpha value is -4.09. The predicted molar refractivity (Wildman–Crippen MR) is 145 cm³/mol. The van der Waals surface area contributed by atoms with Crippen LogP contribution in [0.15, 0.2) is 42.5 Å². The molecule has 0 saturated heterocycles. The van der Waals surface area contributed by atoms with Gasteiger partial charge in [0.25, 0.3) is 5.91 Å². The third-order valence-electron chi connectivity index (χ3n) is 7.23. The number of ether oxygens (including phenoxy) is 1. The van der Waals surface area contributed by atoms with Gasteiger partial charge in [0.05, 0.1) is 25.5 Å². The van der Waals surface area contributed by atoms with Crippen molar-refractivity contribution in [3.8, 4) is 17.0 Å². The Morgan fingerprint density at radius 1 is 1.12 bits per heavy atom. The monoisotopic (exact) mass is 566 g/mol. The van der Waals surface area contributed by atoms with E-state index < -0.39 is 58.8 Å². The van der Waals surface area contributed by atoms with Crippen molar-refractivity contribution in [2.24, 2.45) is 5.92 Å². The normalized spacial score (nSPS) is 15.4. The number of fused-ring (bicyclic) bond motifs is 1. The first-order valence-corrected chi connectivity index (χ1v) is 13.2. The number of nitrogens with zero attached hydrogens (tertiary/aromatic N) is 3. The summed E-state index contributed by atoms with van der Waals surface area (Å²) in [4.78, 5) is 17.5. The molecule has 2 aromatic carbocycles. The average Bonchev–Trinajstić information content (AvgIpc) is 3.80. The standard InChI is InChI=1S/C30H29F3N4O4/c1-15-10-18-12-19(13-23(41-3)26(18)37-36-15)29(39)34-14-30(40,20-6-7-20)28-25(33)22(11-16(2)38)24(32)27(35-28)17-4-8-21(31)9-5-17/h4-5,8-10,12-13,16,20,38,40H,6-7,11,14H2,1-3H3,(H,34,39). The zero-order valence-electron chi connectivity index (χ0n) is 22.7. The number of methoxy groups -OCH3 is 1. The Morgan fingerprint density at radius 3 is 2.46 bits per heavy atom. The maximum atomic E-state index is 15.9. The van der Waals surface area contributed by atoms with Gasteiger partial charge in [-0.25, -0.2) is 18.2 Å². The van der Waals surface area contributed by atoms with E-state index in [2.05, 4.69) is 20.5 Å². The van der Waals surface area contributed by atoms with Gasteiger partial charge < -0.3 is 20.3 Å². The summed E-state index contributed by atoms with van der Waals surface area (Å²) in [5, 5.41) is 33.3. The second-order valence-electron chi connectivity index (χ2n) is 10.5. The molecule has 4 aromatic rings. The summed E-state index contributed by atoms with van der Waals surface area (Å²) in [6, 6.07) is 9.67. The molecule has 1 fully saturated rings. The average molecular weight is 567 g/mol. The van der Waals surface area contributed by atoms with Crippen LogP contribution in [-0.4, -0.2) is 51.1 Å². The molecule has 0 radical (unpaired) electrons. The van der Waals surface area contributed by atoms with Gasteiger partial charge in [-0.3, -0.25) is 4.79 Å². The van der Waals surface area contributed by atoms with Crippen molar-refractivity contribution in [2.75, 3.05) is 13.7 Å². The topological polar surface area (TPSA) is 117 Å². The number of hydrogen-bond donors (Lipinski definition) is 3. The number of carbonyl (C=O) groups is 1. The highest BCUT2D eigenvalue weighted by Gasteiger charge is 2.49. The van der Waals surface area contributed by atoms with Gasteiger partial charge in [-0.05, 0) is 75.1 Å². The molecule has 3 N–H and O–H groups in total. The van der Waals surface area contributed by atoms with Crippen LogP contribution in [0.5, 0.6) is 5.75 Å². The van der Waals surface area contributed by atoms with Gasteiger partial charge >= 0.3 is 0 Å². The summed E-state index contributed by atoms with van der Waals surface area (Å²) in [7, 11) is 1.44. The van der Waals surface area contributed by atoms with Gasteiger partial charge in [0.1, 0.15) is 34.1 Å². The number of nitrogens with one attached hydrogen (secondary N) is 1. The molecule has 2 aromatic heterocycles. The Balaban J connectivity index is 1.54. The third kappa shape index (κ3) is 5.59. The number of amides is 1. The first kappa shape index (κ1) is 28.4. The van der Waals surface area contributed by atoms with E-state index in [1.165, 1.54) is 32.2 Å². The Kier molecular flexibility index (Phi) is 7.67. The summed E-state index contributed by atoms with van der Waals surface area (Å²) < 4.78 is 50.4. The number of aliphatic hydroxyl groups is 2. The zero-order valence-corrected chi connectivity index (χ0v) is 22.7. The van der Waals surface area contributed by atoms with E-state index in [1.54, 1.807) is 19.1 Å². The Morgan fingerprint density at radius 2 is 1.83 bits per heavy atom. The minimum atomic E-state index is -1.99. The molecule has 1 aliphatic carbocycles. The van der Waals surface area contributed by atoms with Gasteiger partial charge in [-0.2, -0.15) is 5.10 Å². The van der Waals surface area contributed by atoms with E-state index in [0.29, 0.717) is 35.2 Å². The van der Waals surface area contributed by atoms with Crippen molar-refractivity contribution in [3.05, 3.63) is 82.4 Å². The maximum Gasteiger partial charge on any atom is 0.251 e. The van der Waals surface area contributed by atoms with Crippen LogP contribution < -0.4 is 10.1 Å². The van der Waals surface area contributed by atoms with Crippen LogP contribution in [-0.2, 0) is 12.0 Å². The fourth-order valence-electron chi connectivity index (χ4n) is 4.97. The minimum Gasteiger partial charge on any atom is -0.494 e. The second kappa shape index (κ2) is 11.1. The van der Waals surface area contributed by atoms with Crippen molar-refractivity contribution in [1.29, 1.82) is 0 Å². The lowest BCUT2D eigenvalue weighted by Crippen LogP contribution is -2.44. The summed E-state index contributed by atoms with van der Waals surface area (Å²) in [6.07, 6.45) is -0.414. The fraction of sp³-hybridized carbons (Fsp3) is 0.333. The molecule has 0 spiro atoms. The second-order valence-corrected chi connectivity index (χ2v) is 10.5. The van der Waals surface area contributed by atoms with E-state index >= 15 is 8.78 Å². The van der Waals surface area contributed by atoms with Crippen LogP contribution in [0, 0.1) is 30.3 Å². The van der Waals surface area contributed by atoms with Crippen molar-refractivity contribution in [1.82, 2.24) is 20.5 Å². The summed E-state index contributed by atoms with van der Waals surface area (Å²) in [6.45, 7) is 2.73. The van der Waals surface area contributed by atoms with Crippen molar-refractivity contribution in [2.45, 2.75) is 44.8 Å². The Labute approximate surface area is 234 Å². The number of halogens is 3. The lowest BCUT2D eigenvalue weighted by atomic mass is 9.89. The molecular formula is C30H29F3N4O4. The maximum absolute atomic E-state index is 15.9. The molecule has 214 valence electrons. The summed E-state index contributed by atoms with van der Waals surface area (Å²) in [5.74, 6) is -3.35. The molecule has 0 aliphatic heterocycles. The number of benzene rings is 2. The molecule has 2 atom stereocenters. The van der Waals surface area contributed by atoms with E-state index in [0.717, 1.165) is 12.1 Å². The van der Waals surface area contributed by atoms with Crippen LogP contribution in [0.1, 0.15) is 47.1 Å². The molecule has 8 nitrogen and oxygen atoms in total. The predicted octanol–water partition coefficient (Wildman–Crippen LogP) is 4.38. The van der Waals surface area contributed by atoms with Crippen molar-refractivity contribution < 1.29 is 32.9 Å². The lowest BCUT2D eigenvalue weighted by molar-refractivity contribution is 0.00572. The zero-order chi connectivity index (χ0) is 29.5. The molecule has 5 rings (SSSR count). The number of aromatic nitrogens is 3. The summed E-state index contributed by atoms with van der Waals surface area (Å²) >= 11 is 0. The molecule has 2 heterocycles. The molecular weight excluding hydrogens is 537 g/mol. The quantitative estimate of drug-likeness (QED) is 0.275. The first-order valence-electron chi connectivity index (χ1n) is 13.2. The molecule has 11 heteroatoms. The van der Waals surface area contributed by atoms with Crippen LogP contribution in [0.3, 0.4) is 0 Å². The van der Waals surface area contributed by atoms with E-state index in [4.69, 9.17) is 4.74 Å². The highest BCUT2D eigenvalue weighted by atomic mass is 19.1. The van der Waals surface area contributed by atoms with E-state index in [9.17, 15) is 19.4 Å². The molecule has 41 heavy (non-hydrogen) atoms. The molecule has 1 amide bonds. The molecule has 0 bridgehead atoms. The van der Waals surface area contributed by atoms with Crippen molar-refractivity contribution >= 4 is 16.8 Å². The van der Waals surface area contributed by atoms with Gasteiger partial charge in [-0.1, -0.05) is 0 Å². The fourth-order valence-corrected chi connectivity index (χ4v) is 4.97. The number of hydrogen-bond acceptors (Lipinski definition) is 7. The van der Waals surface area contributed by atoms with Crippen LogP contribution in [0.4, 0.5) is 13.2 Å². The van der Waals surface area contributed by atoms with E-state index in [-0.39, 0.29) is 23.2 Å². The van der Waals surface area contributed by atoms with Crippen LogP contribution >= 0.6 is 0 Å². The van der Waals surface area contributed by atoms with Gasteiger partial charge in [-0.15, -0.1) is 5.10 Å². The van der Waals surface area contributed by atoms with Crippen LogP contribution in [0.2, 0.25) is 0 Å².